The normalized spacial score (nSPS) is 13.6. The number of amides is 1. The summed E-state index contributed by atoms with van der Waals surface area (Å²) in [7, 11) is 0. The van der Waals surface area contributed by atoms with E-state index in [0.717, 1.165) is 24.2 Å². The van der Waals surface area contributed by atoms with Crippen LogP contribution in [0.5, 0.6) is 0 Å². The number of thioether (sulfide) groups is 1. The van der Waals surface area contributed by atoms with Crippen LogP contribution in [-0.2, 0) is 4.79 Å². The zero-order chi connectivity index (χ0) is 21.5. The molecule has 1 amide bonds. The quantitative estimate of drug-likeness (QED) is 0.440. The average Bonchev–Trinajstić information content (AvgIpc) is 3.43. The fraction of sp³-hybridized carbons (Fsp3) is 0.300. The van der Waals surface area contributed by atoms with Crippen LogP contribution < -0.4 is 10.9 Å². The van der Waals surface area contributed by atoms with Gasteiger partial charge in [-0.15, -0.1) is 10.2 Å². The number of anilines is 1. The Kier molecular flexibility index (Phi) is 4.81. The lowest BCUT2D eigenvalue weighted by Crippen LogP contribution is -2.17. The molecule has 4 aromatic rings. The summed E-state index contributed by atoms with van der Waals surface area (Å²) in [5, 5.41) is 19.3. The molecule has 1 saturated carbocycles. The second-order valence-corrected chi connectivity index (χ2v) is 8.30. The molecule has 0 saturated heterocycles. The molecule has 11 heteroatoms. The van der Waals surface area contributed by atoms with Crippen molar-refractivity contribution in [2.24, 2.45) is 0 Å². The Bertz CT molecular complexity index is 1340. The second-order valence-electron chi connectivity index (χ2n) is 7.36. The van der Waals surface area contributed by atoms with Crippen molar-refractivity contribution >= 4 is 34.3 Å². The monoisotopic (exact) mass is 437 g/mol. The van der Waals surface area contributed by atoms with Crippen LogP contribution in [0.15, 0.2) is 38.9 Å². The number of H-pyrrole nitrogens is 1. The molecule has 0 radical (unpaired) electrons. The van der Waals surface area contributed by atoms with Crippen molar-refractivity contribution in [3.63, 3.8) is 0 Å². The fourth-order valence-corrected chi connectivity index (χ4v) is 4.36. The van der Waals surface area contributed by atoms with Gasteiger partial charge in [0, 0.05) is 24.0 Å². The molecule has 1 aliphatic carbocycles. The van der Waals surface area contributed by atoms with Gasteiger partial charge in [-0.1, -0.05) is 11.8 Å². The molecule has 4 aromatic heterocycles. The van der Waals surface area contributed by atoms with E-state index in [9.17, 15) is 9.59 Å². The molecule has 0 bridgehead atoms. The van der Waals surface area contributed by atoms with Crippen molar-refractivity contribution in [3.8, 4) is 11.4 Å². The maximum atomic E-state index is 12.6. The SMILES string of the molecule is Cc1n[nH]c(=O)c2c(NC(=O)CSc3nnc(-c4ccncc4)n3C3CC3)oc(C)c12. The standard InChI is InChI=1S/C20H19N7O3S/c1-10-15-11(2)30-19(16(15)18(29)25-23-10)22-14(28)9-31-20-26-24-17(27(20)13-3-4-13)12-5-7-21-8-6-12/h5-8,13H,3-4,9H2,1-2H3,(H,22,28)(H,25,29). The Morgan fingerprint density at radius 3 is 2.77 bits per heavy atom. The molecule has 4 heterocycles. The number of furan rings is 1. The number of rotatable bonds is 6. The molecule has 0 unspecified atom stereocenters. The Labute approximate surface area is 180 Å². The van der Waals surface area contributed by atoms with Crippen LogP contribution in [0.1, 0.15) is 30.3 Å². The summed E-state index contributed by atoms with van der Waals surface area (Å²) in [5.74, 6) is 1.24. The molecule has 5 rings (SSSR count). The first-order chi connectivity index (χ1) is 15.0. The number of hydrogen-bond acceptors (Lipinski definition) is 8. The van der Waals surface area contributed by atoms with E-state index in [2.05, 4.69) is 35.3 Å². The van der Waals surface area contributed by atoms with Crippen molar-refractivity contribution in [3.05, 3.63) is 46.3 Å². The summed E-state index contributed by atoms with van der Waals surface area (Å²) in [6, 6.07) is 4.13. The predicted molar refractivity (Wildman–Crippen MR) is 115 cm³/mol. The number of nitrogens with one attached hydrogen (secondary N) is 2. The van der Waals surface area contributed by atoms with E-state index in [4.69, 9.17) is 4.42 Å². The zero-order valence-electron chi connectivity index (χ0n) is 16.9. The minimum atomic E-state index is -0.407. The van der Waals surface area contributed by atoms with Crippen LogP contribution in [0.4, 0.5) is 5.88 Å². The van der Waals surface area contributed by atoms with Crippen molar-refractivity contribution in [2.75, 3.05) is 11.1 Å². The van der Waals surface area contributed by atoms with Gasteiger partial charge in [0.05, 0.1) is 16.8 Å². The number of hydrogen-bond donors (Lipinski definition) is 2. The van der Waals surface area contributed by atoms with Crippen LogP contribution in [-0.4, -0.2) is 41.6 Å². The van der Waals surface area contributed by atoms with Gasteiger partial charge in [0.2, 0.25) is 11.8 Å². The molecular weight excluding hydrogens is 418 g/mol. The van der Waals surface area contributed by atoms with Crippen LogP contribution in [0, 0.1) is 13.8 Å². The van der Waals surface area contributed by atoms with Crippen molar-refractivity contribution in [1.82, 2.24) is 29.9 Å². The number of fused-ring (bicyclic) bond motifs is 1. The molecule has 1 fully saturated rings. The third-order valence-electron chi connectivity index (χ3n) is 5.10. The topological polar surface area (TPSA) is 132 Å². The number of aryl methyl sites for hydroxylation is 2. The van der Waals surface area contributed by atoms with Crippen LogP contribution in [0.3, 0.4) is 0 Å². The van der Waals surface area contributed by atoms with E-state index in [-0.39, 0.29) is 17.5 Å². The lowest BCUT2D eigenvalue weighted by molar-refractivity contribution is -0.113. The van der Waals surface area contributed by atoms with E-state index < -0.39 is 5.56 Å². The van der Waals surface area contributed by atoms with Gasteiger partial charge in [0.1, 0.15) is 11.1 Å². The van der Waals surface area contributed by atoms with Crippen LogP contribution in [0.25, 0.3) is 22.2 Å². The maximum absolute atomic E-state index is 12.6. The molecule has 10 nitrogen and oxygen atoms in total. The highest BCUT2D eigenvalue weighted by Gasteiger charge is 2.30. The minimum Gasteiger partial charge on any atom is -0.444 e. The Morgan fingerprint density at radius 2 is 2.03 bits per heavy atom. The zero-order valence-corrected chi connectivity index (χ0v) is 17.7. The van der Waals surface area contributed by atoms with Gasteiger partial charge < -0.3 is 4.42 Å². The number of pyridine rings is 1. The van der Waals surface area contributed by atoms with Crippen LogP contribution in [0.2, 0.25) is 0 Å². The van der Waals surface area contributed by atoms with E-state index in [1.54, 1.807) is 26.2 Å². The van der Waals surface area contributed by atoms with Crippen molar-refractivity contribution in [2.45, 2.75) is 37.9 Å². The maximum Gasteiger partial charge on any atom is 0.277 e. The highest BCUT2D eigenvalue weighted by Crippen LogP contribution is 2.41. The van der Waals surface area contributed by atoms with Gasteiger partial charge >= 0.3 is 0 Å². The molecule has 0 spiro atoms. The predicted octanol–water partition coefficient (Wildman–Crippen LogP) is 2.85. The second kappa shape index (κ2) is 7.65. The number of nitrogens with zero attached hydrogens (tertiary/aromatic N) is 5. The lowest BCUT2D eigenvalue weighted by Gasteiger charge is -2.08. The van der Waals surface area contributed by atoms with Gasteiger partial charge in [0.25, 0.3) is 5.56 Å². The smallest absolute Gasteiger partial charge is 0.277 e. The first-order valence-electron chi connectivity index (χ1n) is 9.79. The largest absolute Gasteiger partial charge is 0.444 e. The molecule has 0 aliphatic heterocycles. The number of carbonyl (C=O) groups is 1. The van der Waals surface area contributed by atoms with E-state index in [0.29, 0.717) is 33.4 Å². The third-order valence-corrected chi connectivity index (χ3v) is 6.04. The third kappa shape index (κ3) is 3.61. The number of aromatic nitrogens is 6. The summed E-state index contributed by atoms with van der Waals surface area (Å²) in [5.41, 5.74) is 1.16. The molecule has 0 atom stereocenters. The number of aromatic amines is 1. The molecule has 0 aromatic carbocycles. The molecule has 31 heavy (non-hydrogen) atoms. The first kappa shape index (κ1) is 19.5. The summed E-state index contributed by atoms with van der Waals surface area (Å²) < 4.78 is 7.73. The van der Waals surface area contributed by atoms with E-state index in [1.165, 1.54) is 11.8 Å². The van der Waals surface area contributed by atoms with Crippen LogP contribution >= 0.6 is 11.8 Å². The van der Waals surface area contributed by atoms with Crippen molar-refractivity contribution < 1.29 is 9.21 Å². The Hall–Kier alpha value is -3.47. The van der Waals surface area contributed by atoms with Gasteiger partial charge in [-0.2, -0.15) is 5.10 Å². The Morgan fingerprint density at radius 1 is 1.26 bits per heavy atom. The summed E-state index contributed by atoms with van der Waals surface area (Å²) in [4.78, 5) is 28.9. The molecule has 2 N–H and O–H groups in total. The van der Waals surface area contributed by atoms with Crippen molar-refractivity contribution in [1.29, 1.82) is 0 Å². The fourth-order valence-electron chi connectivity index (χ4n) is 3.56. The minimum absolute atomic E-state index is 0.102. The summed E-state index contributed by atoms with van der Waals surface area (Å²) in [6.07, 6.45) is 5.56. The van der Waals surface area contributed by atoms with E-state index >= 15 is 0 Å². The first-order valence-corrected chi connectivity index (χ1v) is 10.8. The highest BCUT2D eigenvalue weighted by molar-refractivity contribution is 7.99. The average molecular weight is 437 g/mol. The number of carbonyl (C=O) groups excluding carboxylic acids is 1. The summed E-state index contributed by atoms with van der Waals surface area (Å²) in [6.45, 7) is 3.51. The van der Waals surface area contributed by atoms with Gasteiger partial charge in [-0.3, -0.25) is 24.5 Å². The van der Waals surface area contributed by atoms with E-state index in [1.807, 2.05) is 12.1 Å². The molecule has 158 valence electrons. The van der Waals surface area contributed by atoms with Gasteiger partial charge in [-0.05, 0) is 38.8 Å². The van der Waals surface area contributed by atoms with Gasteiger partial charge in [0.15, 0.2) is 11.0 Å². The molecular formula is C20H19N7O3S. The Balaban J connectivity index is 1.36. The lowest BCUT2D eigenvalue weighted by atomic mass is 10.2. The highest BCUT2D eigenvalue weighted by atomic mass is 32.2. The van der Waals surface area contributed by atoms with Gasteiger partial charge in [-0.25, -0.2) is 5.10 Å². The molecule has 1 aliphatic rings. The summed E-state index contributed by atoms with van der Waals surface area (Å²) >= 11 is 1.30.